The van der Waals surface area contributed by atoms with Crippen LogP contribution in [0.4, 0.5) is 0 Å². The third kappa shape index (κ3) is 1.68. The molecule has 0 bridgehead atoms. The summed E-state index contributed by atoms with van der Waals surface area (Å²) in [5, 5.41) is 0. The van der Waals surface area contributed by atoms with Crippen LogP contribution < -0.4 is 0 Å². The topological polar surface area (TPSA) is 34.1 Å². The summed E-state index contributed by atoms with van der Waals surface area (Å²) < 4.78 is 0. The van der Waals surface area contributed by atoms with Crippen LogP contribution in [0.2, 0.25) is 0 Å². The molecule has 0 amide bonds. The second kappa shape index (κ2) is 4.34. The van der Waals surface area contributed by atoms with Gasteiger partial charge in [-0.3, -0.25) is 9.59 Å². The molecule has 0 saturated carbocycles. The van der Waals surface area contributed by atoms with E-state index < -0.39 is 0 Å². The summed E-state index contributed by atoms with van der Waals surface area (Å²) in [6.07, 6.45) is 4.79. The lowest BCUT2D eigenvalue weighted by Gasteiger charge is -2.18. The molecule has 2 nitrogen and oxygen atoms in total. The van der Waals surface area contributed by atoms with Gasteiger partial charge in [0.1, 0.15) is 0 Å². The number of ketones is 2. The maximum absolute atomic E-state index is 12.2. The van der Waals surface area contributed by atoms with Crippen LogP contribution in [-0.4, -0.2) is 11.6 Å². The minimum Gasteiger partial charge on any atom is -0.289 e. The first-order valence-corrected chi connectivity index (χ1v) is 5.38. The number of allylic oxidation sites excluding steroid dienone is 5. The fourth-order valence-corrected chi connectivity index (χ4v) is 1.98. The fourth-order valence-electron chi connectivity index (χ4n) is 1.98. The number of hydrogen-bond donors (Lipinski definition) is 0. The highest BCUT2D eigenvalue weighted by Gasteiger charge is 2.30. The normalized spacial score (nSPS) is 19.6. The average Bonchev–Trinajstić information content (AvgIpc) is 2.36. The maximum Gasteiger partial charge on any atom is 0.194 e. The van der Waals surface area contributed by atoms with E-state index in [1.165, 1.54) is 6.08 Å². The van der Waals surface area contributed by atoms with Gasteiger partial charge in [0, 0.05) is 22.3 Å². The first-order chi connectivity index (χ1) is 8.20. The van der Waals surface area contributed by atoms with Gasteiger partial charge >= 0.3 is 0 Å². The molecule has 84 valence electrons. The van der Waals surface area contributed by atoms with Gasteiger partial charge in [-0.05, 0) is 6.92 Å². The van der Waals surface area contributed by atoms with Crippen LogP contribution in [-0.2, 0) is 0 Å². The van der Waals surface area contributed by atoms with Crippen molar-refractivity contribution < 1.29 is 9.59 Å². The molecule has 0 heterocycles. The summed E-state index contributed by atoms with van der Waals surface area (Å²) in [7, 11) is 0. The maximum atomic E-state index is 12.2. The number of benzene rings is 1. The van der Waals surface area contributed by atoms with Crippen molar-refractivity contribution in [3.8, 4) is 0 Å². The monoisotopic (exact) mass is 224 g/mol. The predicted molar refractivity (Wildman–Crippen MR) is 67.1 cm³/mol. The molecule has 0 spiro atoms. The van der Waals surface area contributed by atoms with Crippen molar-refractivity contribution in [2.75, 3.05) is 0 Å². The molecule has 0 radical (unpaired) electrons. The van der Waals surface area contributed by atoms with Crippen molar-refractivity contribution in [2.45, 2.75) is 6.92 Å². The molecular formula is C15H12O2. The van der Waals surface area contributed by atoms with E-state index >= 15 is 0 Å². The van der Waals surface area contributed by atoms with E-state index in [1.54, 1.807) is 43.3 Å². The Kier molecular flexibility index (Phi) is 2.88. The van der Waals surface area contributed by atoms with Gasteiger partial charge in [-0.25, -0.2) is 0 Å². The quantitative estimate of drug-likeness (QED) is 0.687. The molecule has 0 fully saturated rings. The zero-order chi connectivity index (χ0) is 12.4. The standard InChI is InChI=1S/C15H12O2/c1-3-7-11-10(4-2)14(16)12-8-5-6-9-13(12)15(11)17/h3-9H,1H2,2H3. The molecular weight excluding hydrogens is 212 g/mol. The smallest absolute Gasteiger partial charge is 0.194 e. The summed E-state index contributed by atoms with van der Waals surface area (Å²) in [6.45, 7) is 5.33. The second-order valence-corrected chi connectivity index (χ2v) is 3.72. The minimum atomic E-state index is -0.117. The summed E-state index contributed by atoms with van der Waals surface area (Å²) >= 11 is 0. The minimum absolute atomic E-state index is 0.101. The van der Waals surface area contributed by atoms with E-state index in [1.807, 2.05) is 0 Å². The third-order valence-electron chi connectivity index (χ3n) is 2.77. The molecule has 0 N–H and O–H groups in total. The number of hydrogen-bond acceptors (Lipinski definition) is 2. The van der Waals surface area contributed by atoms with Crippen LogP contribution in [0.25, 0.3) is 0 Å². The average molecular weight is 224 g/mol. The van der Waals surface area contributed by atoms with E-state index in [-0.39, 0.29) is 11.6 Å². The summed E-state index contributed by atoms with van der Waals surface area (Å²) in [6, 6.07) is 6.89. The van der Waals surface area contributed by atoms with Crippen LogP contribution in [0.3, 0.4) is 0 Å². The molecule has 1 aliphatic carbocycles. The Bertz CT molecular complexity index is 574. The molecule has 0 unspecified atom stereocenters. The fraction of sp³-hybridized carbons (Fsp3) is 0.0667. The summed E-state index contributed by atoms with van der Waals surface area (Å²) in [5.41, 5.74) is 1.82. The Morgan fingerprint density at radius 3 is 2.00 bits per heavy atom. The van der Waals surface area contributed by atoms with Gasteiger partial charge in [0.05, 0.1) is 0 Å². The Balaban J connectivity index is 2.73. The van der Waals surface area contributed by atoms with Crippen LogP contribution in [0.5, 0.6) is 0 Å². The lowest BCUT2D eigenvalue weighted by molar-refractivity contribution is 0.0972. The van der Waals surface area contributed by atoms with Gasteiger partial charge in [-0.2, -0.15) is 0 Å². The van der Waals surface area contributed by atoms with Gasteiger partial charge in [-0.15, -0.1) is 0 Å². The van der Waals surface area contributed by atoms with Crippen molar-refractivity contribution >= 4 is 11.6 Å². The highest BCUT2D eigenvalue weighted by molar-refractivity contribution is 6.31. The first kappa shape index (κ1) is 11.3. The Labute approximate surface area is 100.0 Å². The van der Waals surface area contributed by atoms with E-state index in [0.717, 1.165) is 0 Å². The Morgan fingerprint density at radius 1 is 1.00 bits per heavy atom. The number of carbonyl (C=O) groups excluding carboxylic acids is 2. The van der Waals surface area contributed by atoms with Gasteiger partial charge in [0.15, 0.2) is 11.6 Å². The van der Waals surface area contributed by atoms with E-state index in [9.17, 15) is 9.59 Å². The van der Waals surface area contributed by atoms with Crippen LogP contribution in [0.15, 0.2) is 60.2 Å². The first-order valence-electron chi connectivity index (χ1n) is 5.38. The van der Waals surface area contributed by atoms with Crippen molar-refractivity contribution in [1.29, 1.82) is 0 Å². The van der Waals surface area contributed by atoms with Gasteiger partial charge in [0.25, 0.3) is 0 Å². The van der Waals surface area contributed by atoms with E-state index in [4.69, 9.17) is 0 Å². The van der Waals surface area contributed by atoms with Gasteiger partial charge < -0.3 is 0 Å². The van der Waals surface area contributed by atoms with Crippen molar-refractivity contribution in [3.63, 3.8) is 0 Å². The highest BCUT2D eigenvalue weighted by Crippen LogP contribution is 2.29. The Morgan fingerprint density at radius 2 is 1.53 bits per heavy atom. The van der Waals surface area contributed by atoms with Crippen molar-refractivity contribution in [1.82, 2.24) is 0 Å². The van der Waals surface area contributed by atoms with Crippen LogP contribution in [0, 0.1) is 0 Å². The molecule has 1 aromatic carbocycles. The molecule has 2 heteroatoms. The zero-order valence-corrected chi connectivity index (χ0v) is 9.57. The molecule has 0 saturated heterocycles. The number of fused-ring (bicyclic) bond motifs is 1. The number of rotatable bonds is 1. The van der Waals surface area contributed by atoms with Crippen LogP contribution in [0.1, 0.15) is 27.6 Å². The SMILES string of the molecule is C=CC=C1C(=O)c2ccccc2C(=O)C1=CC. The third-order valence-corrected chi connectivity index (χ3v) is 2.77. The van der Waals surface area contributed by atoms with Crippen molar-refractivity contribution in [2.24, 2.45) is 0 Å². The lowest BCUT2D eigenvalue weighted by atomic mass is 9.82. The largest absolute Gasteiger partial charge is 0.289 e. The predicted octanol–water partition coefficient (Wildman–Crippen LogP) is 3.12. The summed E-state index contributed by atoms with van der Waals surface area (Å²) in [5.74, 6) is -0.219. The van der Waals surface area contributed by atoms with Crippen LogP contribution >= 0.6 is 0 Å². The molecule has 2 rings (SSSR count). The van der Waals surface area contributed by atoms with Crippen molar-refractivity contribution in [3.05, 3.63) is 71.3 Å². The van der Waals surface area contributed by atoms with Gasteiger partial charge in [-0.1, -0.05) is 49.1 Å². The zero-order valence-electron chi connectivity index (χ0n) is 9.57. The molecule has 0 aromatic heterocycles. The number of Topliss-reactive ketones (excluding diaryl/α,β-unsaturated/α-hetero) is 2. The molecule has 1 aliphatic rings. The molecule has 0 aliphatic heterocycles. The summed E-state index contributed by atoms with van der Waals surface area (Å²) in [4.78, 5) is 24.4. The second-order valence-electron chi connectivity index (χ2n) is 3.72. The Hall–Kier alpha value is -2.22. The molecule has 1 aromatic rings. The van der Waals surface area contributed by atoms with Gasteiger partial charge in [0.2, 0.25) is 0 Å². The molecule has 0 atom stereocenters. The highest BCUT2D eigenvalue weighted by atomic mass is 16.1. The van der Waals surface area contributed by atoms with E-state index in [2.05, 4.69) is 6.58 Å². The van der Waals surface area contributed by atoms with E-state index in [0.29, 0.717) is 22.3 Å². The lowest BCUT2D eigenvalue weighted by Crippen LogP contribution is -2.22. The number of carbonyl (C=O) groups is 2. The molecule has 17 heavy (non-hydrogen) atoms.